The van der Waals surface area contributed by atoms with Gasteiger partial charge in [0.05, 0.1) is 6.10 Å². The third-order valence-corrected chi connectivity index (χ3v) is 2.41. The predicted molar refractivity (Wildman–Crippen MR) is 60.4 cm³/mol. The molecule has 82 valence electrons. The molecule has 15 heavy (non-hydrogen) atoms. The first-order chi connectivity index (χ1) is 7.00. The molecule has 0 unspecified atom stereocenters. The summed E-state index contributed by atoms with van der Waals surface area (Å²) in [7, 11) is 0. The lowest BCUT2D eigenvalue weighted by Crippen LogP contribution is -2.00. The maximum Gasteiger partial charge on any atom is 0.118 e. The standard InChI is InChI=1S/C12H17NO2/c1-8-3-5-10(7-12(8)15)11(14)6-4-9(2)13/h3,5,7,11,13-15H,4,6H2,1-2H3/t11-/m0/s1. The van der Waals surface area contributed by atoms with Gasteiger partial charge in [0.15, 0.2) is 0 Å². The predicted octanol–water partition coefficient (Wildman–Crippen LogP) is 2.55. The Morgan fingerprint density at radius 3 is 2.67 bits per heavy atom. The number of aryl methyl sites for hydroxylation is 1. The number of aromatic hydroxyl groups is 1. The summed E-state index contributed by atoms with van der Waals surface area (Å²) in [5.41, 5.74) is 2.07. The van der Waals surface area contributed by atoms with E-state index in [9.17, 15) is 10.2 Å². The van der Waals surface area contributed by atoms with Gasteiger partial charge in [0, 0.05) is 5.71 Å². The Balaban J connectivity index is 2.69. The number of benzene rings is 1. The van der Waals surface area contributed by atoms with Crippen molar-refractivity contribution < 1.29 is 10.2 Å². The zero-order chi connectivity index (χ0) is 11.4. The fraction of sp³-hybridized carbons (Fsp3) is 0.417. The number of aliphatic hydroxyl groups is 1. The Morgan fingerprint density at radius 1 is 1.47 bits per heavy atom. The van der Waals surface area contributed by atoms with Crippen molar-refractivity contribution in [3.05, 3.63) is 29.3 Å². The summed E-state index contributed by atoms with van der Waals surface area (Å²) in [6.45, 7) is 3.53. The van der Waals surface area contributed by atoms with E-state index in [1.165, 1.54) is 0 Å². The highest BCUT2D eigenvalue weighted by molar-refractivity contribution is 5.78. The van der Waals surface area contributed by atoms with Crippen molar-refractivity contribution in [3.8, 4) is 5.75 Å². The minimum Gasteiger partial charge on any atom is -0.508 e. The summed E-state index contributed by atoms with van der Waals surface area (Å²) < 4.78 is 0. The molecule has 1 rings (SSSR count). The van der Waals surface area contributed by atoms with Crippen LogP contribution >= 0.6 is 0 Å². The van der Waals surface area contributed by atoms with Crippen molar-refractivity contribution in [1.82, 2.24) is 0 Å². The van der Waals surface area contributed by atoms with Gasteiger partial charge in [-0.05, 0) is 43.9 Å². The van der Waals surface area contributed by atoms with Crippen LogP contribution in [0.3, 0.4) is 0 Å². The molecule has 0 amide bonds. The SMILES string of the molecule is CC(=N)CC[C@H](O)c1ccc(C)c(O)c1. The van der Waals surface area contributed by atoms with E-state index >= 15 is 0 Å². The Kier molecular flexibility index (Phi) is 3.86. The molecular weight excluding hydrogens is 190 g/mol. The zero-order valence-corrected chi connectivity index (χ0v) is 9.12. The molecule has 1 aromatic carbocycles. The number of phenols is 1. The number of hydrogen-bond acceptors (Lipinski definition) is 3. The van der Waals surface area contributed by atoms with Gasteiger partial charge in [-0.25, -0.2) is 0 Å². The van der Waals surface area contributed by atoms with Crippen molar-refractivity contribution in [2.24, 2.45) is 0 Å². The fourth-order valence-electron chi connectivity index (χ4n) is 1.35. The number of aliphatic hydroxyl groups excluding tert-OH is 1. The van der Waals surface area contributed by atoms with Crippen LogP contribution in [0.4, 0.5) is 0 Å². The topological polar surface area (TPSA) is 64.3 Å². The molecule has 0 bridgehead atoms. The van der Waals surface area contributed by atoms with E-state index in [1.54, 1.807) is 25.1 Å². The first-order valence-corrected chi connectivity index (χ1v) is 5.02. The molecule has 0 heterocycles. The minimum atomic E-state index is -0.600. The molecule has 0 fully saturated rings. The van der Waals surface area contributed by atoms with Gasteiger partial charge in [0.2, 0.25) is 0 Å². The molecule has 3 N–H and O–H groups in total. The number of nitrogens with one attached hydrogen (secondary N) is 1. The van der Waals surface area contributed by atoms with E-state index in [1.807, 2.05) is 6.92 Å². The monoisotopic (exact) mass is 207 g/mol. The van der Waals surface area contributed by atoms with Crippen LogP contribution in [0.5, 0.6) is 5.75 Å². The third kappa shape index (κ3) is 3.36. The molecule has 3 nitrogen and oxygen atoms in total. The number of phenolic OH excluding ortho intramolecular Hbond substituents is 1. The highest BCUT2D eigenvalue weighted by Crippen LogP contribution is 2.24. The van der Waals surface area contributed by atoms with Gasteiger partial charge in [-0.15, -0.1) is 0 Å². The number of hydrogen-bond donors (Lipinski definition) is 3. The van der Waals surface area contributed by atoms with Gasteiger partial charge in [-0.3, -0.25) is 0 Å². The van der Waals surface area contributed by atoms with Crippen LogP contribution < -0.4 is 0 Å². The van der Waals surface area contributed by atoms with E-state index in [0.717, 1.165) is 5.56 Å². The van der Waals surface area contributed by atoms with Crippen LogP contribution in [0, 0.1) is 12.3 Å². The summed E-state index contributed by atoms with van der Waals surface area (Å²) in [4.78, 5) is 0. The first kappa shape index (κ1) is 11.7. The lowest BCUT2D eigenvalue weighted by atomic mass is 10.0. The molecule has 0 aliphatic carbocycles. The second kappa shape index (κ2) is 4.94. The van der Waals surface area contributed by atoms with Crippen molar-refractivity contribution in [1.29, 1.82) is 5.41 Å². The molecule has 1 aromatic rings. The average Bonchev–Trinajstić information content (AvgIpc) is 2.18. The molecular formula is C12H17NO2. The molecule has 0 spiro atoms. The third-order valence-electron chi connectivity index (χ3n) is 2.41. The van der Waals surface area contributed by atoms with Crippen LogP contribution in [-0.4, -0.2) is 15.9 Å². The van der Waals surface area contributed by atoms with Gasteiger partial charge in [0.25, 0.3) is 0 Å². The van der Waals surface area contributed by atoms with Crippen LogP contribution in [-0.2, 0) is 0 Å². The average molecular weight is 207 g/mol. The van der Waals surface area contributed by atoms with Crippen molar-refractivity contribution in [3.63, 3.8) is 0 Å². The Hall–Kier alpha value is -1.35. The maximum absolute atomic E-state index is 9.78. The van der Waals surface area contributed by atoms with Crippen LogP contribution in [0.2, 0.25) is 0 Å². The summed E-state index contributed by atoms with van der Waals surface area (Å²) in [5.74, 6) is 0.207. The molecule has 1 atom stereocenters. The zero-order valence-electron chi connectivity index (χ0n) is 9.12. The molecule has 0 aromatic heterocycles. The lowest BCUT2D eigenvalue weighted by Gasteiger charge is -2.11. The van der Waals surface area contributed by atoms with E-state index in [2.05, 4.69) is 0 Å². The maximum atomic E-state index is 9.78. The highest BCUT2D eigenvalue weighted by atomic mass is 16.3. The van der Waals surface area contributed by atoms with E-state index < -0.39 is 6.10 Å². The molecule has 0 saturated heterocycles. The van der Waals surface area contributed by atoms with Crippen molar-refractivity contribution >= 4 is 5.71 Å². The summed E-state index contributed by atoms with van der Waals surface area (Å²) in [5, 5.41) is 26.5. The van der Waals surface area contributed by atoms with Gasteiger partial charge in [-0.1, -0.05) is 12.1 Å². The normalized spacial score (nSPS) is 12.5. The van der Waals surface area contributed by atoms with E-state index in [-0.39, 0.29) is 5.75 Å². The first-order valence-electron chi connectivity index (χ1n) is 5.02. The van der Waals surface area contributed by atoms with Crippen molar-refractivity contribution in [2.45, 2.75) is 32.8 Å². The quantitative estimate of drug-likeness (QED) is 0.664. The second-order valence-corrected chi connectivity index (χ2v) is 3.88. The van der Waals surface area contributed by atoms with Gasteiger partial charge < -0.3 is 15.6 Å². The lowest BCUT2D eigenvalue weighted by molar-refractivity contribution is 0.169. The Bertz CT molecular complexity index is 361. The number of rotatable bonds is 4. The highest BCUT2D eigenvalue weighted by Gasteiger charge is 2.09. The van der Waals surface area contributed by atoms with Gasteiger partial charge in [-0.2, -0.15) is 0 Å². The van der Waals surface area contributed by atoms with Gasteiger partial charge in [0.1, 0.15) is 5.75 Å². The smallest absolute Gasteiger partial charge is 0.118 e. The summed E-state index contributed by atoms with van der Waals surface area (Å²) in [6.07, 6.45) is 0.505. The summed E-state index contributed by atoms with van der Waals surface area (Å²) >= 11 is 0. The largest absolute Gasteiger partial charge is 0.508 e. The molecule has 0 saturated carbocycles. The molecule has 0 radical (unpaired) electrons. The van der Waals surface area contributed by atoms with E-state index in [0.29, 0.717) is 24.1 Å². The van der Waals surface area contributed by atoms with Crippen LogP contribution in [0.15, 0.2) is 18.2 Å². The molecule has 0 aliphatic heterocycles. The molecule has 3 heteroatoms. The fourth-order valence-corrected chi connectivity index (χ4v) is 1.35. The minimum absolute atomic E-state index is 0.207. The van der Waals surface area contributed by atoms with E-state index in [4.69, 9.17) is 5.41 Å². The van der Waals surface area contributed by atoms with Crippen LogP contribution in [0.25, 0.3) is 0 Å². The molecule has 0 aliphatic rings. The van der Waals surface area contributed by atoms with Gasteiger partial charge >= 0.3 is 0 Å². The second-order valence-electron chi connectivity index (χ2n) is 3.88. The van der Waals surface area contributed by atoms with Crippen LogP contribution in [0.1, 0.15) is 37.0 Å². The summed E-state index contributed by atoms with van der Waals surface area (Å²) in [6, 6.07) is 5.17. The van der Waals surface area contributed by atoms with Crippen molar-refractivity contribution in [2.75, 3.05) is 0 Å². The Morgan fingerprint density at radius 2 is 2.13 bits per heavy atom. The Labute approximate surface area is 89.9 Å².